The number of aryl methyl sites for hydroxylation is 1. The van der Waals surface area contributed by atoms with Crippen LogP contribution in [-0.2, 0) is 11.2 Å². The minimum Gasteiger partial charge on any atom is -0.480 e. The van der Waals surface area contributed by atoms with Crippen LogP contribution in [0.3, 0.4) is 0 Å². The molecule has 1 aromatic heterocycles. The highest BCUT2D eigenvalue weighted by molar-refractivity contribution is 7.10. The maximum atomic E-state index is 12.6. The Morgan fingerprint density at radius 1 is 1.53 bits per heavy atom. The zero-order chi connectivity index (χ0) is 14.0. The van der Waals surface area contributed by atoms with E-state index in [4.69, 9.17) is 5.11 Å². The predicted octanol–water partition coefficient (Wildman–Crippen LogP) is 3.07. The first kappa shape index (κ1) is 14.3. The molecule has 0 fully saturated rings. The summed E-state index contributed by atoms with van der Waals surface area (Å²) in [7, 11) is 0. The number of carbonyl (C=O) groups is 1. The number of hydrogen-bond donors (Lipinski definition) is 1. The summed E-state index contributed by atoms with van der Waals surface area (Å²) in [5, 5.41) is 10.7. The Kier molecular flexibility index (Phi) is 4.15. The van der Waals surface area contributed by atoms with Gasteiger partial charge in [0.05, 0.1) is 13.1 Å². The van der Waals surface area contributed by atoms with Gasteiger partial charge in [0.2, 0.25) is 0 Å². The van der Waals surface area contributed by atoms with E-state index in [1.54, 1.807) is 0 Å². The number of thiophene rings is 1. The first-order valence-electron chi connectivity index (χ1n) is 5.95. The molecule has 0 bridgehead atoms. The number of nitrogens with zero attached hydrogens (tertiary/aromatic N) is 1. The quantitative estimate of drug-likeness (QED) is 0.927. The zero-order valence-corrected chi connectivity index (χ0v) is 10.9. The predicted molar refractivity (Wildman–Crippen MR) is 65.3 cm³/mol. The summed E-state index contributed by atoms with van der Waals surface area (Å²) in [5.41, 5.74) is 0.863. The molecule has 1 heterocycles. The summed E-state index contributed by atoms with van der Waals surface area (Å²) in [4.78, 5) is 12.9. The van der Waals surface area contributed by atoms with Gasteiger partial charge in [0.25, 0.3) is 0 Å². The van der Waals surface area contributed by atoms with Crippen LogP contribution < -0.4 is 0 Å². The smallest absolute Gasteiger partial charge is 0.401 e. The molecular weight excluding hydrogens is 279 g/mol. The normalized spacial score (nSPS) is 19.5. The molecule has 2 rings (SSSR count). The molecule has 1 aliphatic carbocycles. The van der Waals surface area contributed by atoms with Gasteiger partial charge < -0.3 is 5.11 Å². The van der Waals surface area contributed by atoms with Crippen LogP contribution in [0.4, 0.5) is 13.2 Å². The van der Waals surface area contributed by atoms with E-state index in [1.165, 1.54) is 11.3 Å². The molecule has 0 saturated heterocycles. The van der Waals surface area contributed by atoms with Gasteiger partial charge in [0.1, 0.15) is 0 Å². The number of hydrogen-bond acceptors (Lipinski definition) is 3. The van der Waals surface area contributed by atoms with Crippen LogP contribution in [0.25, 0.3) is 0 Å². The Balaban J connectivity index is 2.22. The lowest BCUT2D eigenvalue weighted by molar-refractivity contribution is -0.159. The number of rotatable bonds is 4. The Labute approximate surface area is 112 Å². The van der Waals surface area contributed by atoms with Crippen LogP contribution in [-0.4, -0.2) is 35.2 Å². The van der Waals surface area contributed by atoms with Gasteiger partial charge in [0.15, 0.2) is 0 Å². The lowest BCUT2D eigenvalue weighted by Gasteiger charge is -2.33. The molecule has 1 unspecified atom stereocenters. The third-order valence-electron chi connectivity index (χ3n) is 3.18. The van der Waals surface area contributed by atoms with Gasteiger partial charge in [-0.15, -0.1) is 11.3 Å². The molecule has 1 aliphatic rings. The summed E-state index contributed by atoms with van der Waals surface area (Å²) in [6.45, 7) is -1.77. The van der Waals surface area contributed by atoms with Crippen LogP contribution >= 0.6 is 11.3 Å². The molecule has 3 nitrogen and oxygen atoms in total. The number of halogens is 3. The van der Waals surface area contributed by atoms with Gasteiger partial charge in [-0.1, -0.05) is 0 Å². The maximum Gasteiger partial charge on any atom is 0.401 e. The number of carboxylic acids is 1. The Morgan fingerprint density at radius 2 is 2.26 bits per heavy atom. The molecule has 0 aromatic carbocycles. The molecule has 106 valence electrons. The molecular formula is C12H14F3NO2S. The molecule has 1 N–H and O–H groups in total. The van der Waals surface area contributed by atoms with Crippen LogP contribution in [0.15, 0.2) is 11.4 Å². The van der Waals surface area contributed by atoms with Gasteiger partial charge in [-0.3, -0.25) is 9.69 Å². The molecule has 0 aliphatic heterocycles. The van der Waals surface area contributed by atoms with Gasteiger partial charge in [0, 0.05) is 10.9 Å². The van der Waals surface area contributed by atoms with Crippen LogP contribution in [0.5, 0.6) is 0 Å². The number of aliphatic carboxylic acids is 1. The molecule has 1 aromatic rings. The average Bonchev–Trinajstić information content (AvgIpc) is 2.72. The van der Waals surface area contributed by atoms with Crippen molar-refractivity contribution < 1.29 is 23.1 Å². The fraction of sp³-hybridized carbons (Fsp3) is 0.583. The molecule has 0 spiro atoms. The topological polar surface area (TPSA) is 40.5 Å². The van der Waals surface area contributed by atoms with E-state index < -0.39 is 31.3 Å². The maximum absolute atomic E-state index is 12.6. The van der Waals surface area contributed by atoms with Crippen molar-refractivity contribution in [2.24, 2.45) is 0 Å². The fourth-order valence-corrected chi connectivity index (χ4v) is 3.50. The largest absolute Gasteiger partial charge is 0.480 e. The van der Waals surface area contributed by atoms with E-state index in [0.29, 0.717) is 6.42 Å². The van der Waals surface area contributed by atoms with Crippen molar-refractivity contribution in [2.45, 2.75) is 31.5 Å². The van der Waals surface area contributed by atoms with E-state index in [2.05, 4.69) is 0 Å². The van der Waals surface area contributed by atoms with Crippen molar-refractivity contribution in [1.82, 2.24) is 4.90 Å². The minimum atomic E-state index is -4.39. The molecule has 19 heavy (non-hydrogen) atoms. The lowest BCUT2D eigenvalue weighted by Crippen LogP contribution is -2.41. The van der Waals surface area contributed by atoms with Crippen molar-refractivity contribution in [1.29, 1.82) is 0 Å². The lowest BCUT2D eigenvalue weighted by atomic mass is 9.92. The third-order valence-corrected chi connectivity index (χ3v) is 4.18. The van der Waals surface area contributed by atoms with Crippen LogP contribution in [0.1, 0.15) is 29.3 Å². The number of carboxylic acid groups (broad SMARTS) is 1. The summed E-state index contributed by atoms with van der Waals surface area (Å²) in [5.74, 6) is -1.23. The zero-order valence-electron chi connectivity index (χ0n) is 10.1. The second-order valence-electron chi connectivity index (χ2n) is 4.62. The minimum absolute atomic E-state index is 0.437. The standard InChI is InChI=1S/C12H14F3NO2S/c13-12(14,15)7-16(6-11(17)18)9-2-1-3-10-8(9)4-5-19-10/h4-5,9H,1-3,6-7H2,(H,17,18). The molecule has 0 saturated carbocycles. The van der Waals surface area contributed by atoms with E-state index in [0.717, 1.165) is 28.2 Å². The molecule has 0 radical (unpaired) electrons. The summed E-state index contributed by atoms with van der Waals surface area (Å²) in [6, 6.07) is 1.38. The molecule has 7 heteroatoms. The highest BCUT2D eigenvalue weighted by atomic mass is 32.1. The van der Waals surface area contributed by atoms with Gasteiger partial charge >= 0.3 is 12.1 Å². The summed E-state index contributed by atoms with van der Waals surface area (Å²) < 4.78 is 37.7. The van der Waals surface area contributed by atoms with Crippen molar-refractivity contribution in [3.05, 3.63) is 21.9 Å². The van der Waals surface area contributed by atoms with E-state index in [-0.39, 0.29) is 0 Å². The van der Waals surface area contributed by atoms with Gasteiger partial charge in [-0.25, -0.2) is 0 Å². The monoisotopic (exact) mass is 293 g/mol. The van der Waals surface area contributed by atoms with E-state index in [1.807, 2.05) is 11.4 Å². The van der Waals surface area contributed by atoms with Gasteiger partial charge in [-0.2, -0.15) is 13.2 Å². The van der Waals surface area contributed by atoms with Crippen LogP contribution in [0.2, 0.25) is 0 Å². The Morgan fingerprint density at radius 3 is 2.89 bits per heavy atom. The van der Waals surface area contributed by atoms with Gasteiger partial charge in [-0.05, 0) is 36.3 Å². The van der Waals surface area contributed by atoms with E-state index >= 15 is 0 Å². The van der Waals surface area contributed by atoms with E-state index in [9.17, 15) is 18.0 Å². The highest BCUT2D eigenvalue weighted by Crippen LogP contribution is 2.38. The second kappa shape index (κ2) is 5.50. The number of alkyl halides is 3. The van der Waals surface area contributed by atoms with Crippen molar-refractivity contribution in [2.75, 3.05) is 13.1 Å². The SMILES string of the molecule is O=C(O)CN(CC(F)(F)F)C1CCCc2sccc21. The highest BCUT2D eigenvalue weighted by Gasteiger charge is 2.36. The van der Waals surface area contributed by atoms with Crippen LogP contribution in [0, 0.1) is 0 Å². The Hall–Kier alpha value is -1.08. The summed E-state index contributed by atoms with van der Waals surface area (Å²) >= 11 is 1.53. The Bertz CT molecular complexity index is 458. The molecule has 1 atom stereocenters. The first-order valence-corrected chi connectivity index (χ1v) is 6.83. The van der Waals surface area contributed by atoms with Crippen molar-refractivity contribution in [3.8, 4) is 0 Å². The van der Waals surface area contributed by atoms with Crippen molar-refractivity contribution >= 4 is 17.3 Å². The number of fused-ring (bicyclic) bond motifs is 1. The summed E-state index contributed by atoms with van der Waals surface area (Å²) in [6.07, 6.45) is -2.14. The van der Waals surface area contributed by atoms with Crippen molar-refractivity contribution in [3.63, 3.8) is 0 Å². The molecule has 0 amide bonds. The second-order valence-corrected chi connectivity index (χ2v) is 5.62. The first-order chi connectivity index (χ1) is 8.87. The average molecular weight is 293 g/mol. The fourth-order valence-electron chi connectivity index (χ4n) is 2.52. The third kappa shape index (κ3) is 3.70.